The Kier molecular flexibility index (Phi) is 4.18. The zero-order valence-electron chi connectivity index (χ0n) is 14.2. The van der Waals surface area contributed by atoms with Gasteiger partial charge in [0, 0.05) is 0 Å². The summed E-state index contributed by atoms with van der Waals surface area (Å²) < 4.78 is 6.96. The summed E-state index contributed by atoms with van der Waals surface area (Å²) in [6.45, 7) is 2.07. The highest BCUT2D eigenvalue weighted by Gasteiger charge is 2.36. The average molecular weight is 347 g/mol. The third kappa shape index (κ3) is 2.73. The molecule has 0 radical (unpaired) electrons. The van der Waals surface area contributed by atoms with Crippen LogP contribution in [0.15, 0.2) is 66.2 Å². The van der Waals surface area contributed by atoms with Gasteiger partial charge in [0.15, 0.2) is 0 Å². The van der Waals surface area contributed by atoms with Crippen molar-refractivity contribution in [2.24, 2.45) is 0 Å². The van der Waals surface area contributed by atoms with Crippen LogP contribution in [-0.4, -0.2) is 32.8 Å². The summed E-state index contributed by atoms with van der Waals surface area (Å²) in [6, 6.07) is 18.8. The number of ether oxygens (including phenoxy) is 1. The van der Waals surface area contributed by atoms with E-state index >= 15 is 0 Å². The summed E-state index contributed by atoms with van der Waals surface area (Å²) in [5.74, 6) is 0.0830. The first kappa shape index (κ1) is 16.0. The molecule has 0 bridgehead atoms. The van der Waals surface area contributed by atoms with Gasteiger partial charge >= 0.3 is 5.97 Å². The summed E-state index contributed by atoms with van der Waals surface area (Å²) in [5.41, 5.74) is 2.90. The van der Waals surface area contributed by atoms with E-state index in [2.05, 4.69) is 20.8 Å². The number of nitrogens with zero attached hydrogens (tertiary/aromatic N) is 4. The molecule has 7 heteroatoms. The van der Waals surface area contributed by atoms with Crippen LogP contribution in [-0.2, 0) is 9.53 Å². The lowest BCUT2D eigenvalue weighted by molar-refractivity contribution is -0.138. The van der Waals surface area contributed by atoms with Gasteiger partial charge < -0.3 is 10.1 Å². The Labute approximate surface area is 150 Å². The minimum absolute atomic E-state index is 0.286. The maximum atomic E-state index is 12.9. The fourth-order valence-corrected chi connectivity index (χ4v) is 3.09. The molecule has 1 aliphatic heterocycles. The lowest BCUT2D eigenvalue weighted by Gasteiger charge is -2.28. The lowest BCUT2D eigenvalue weighted by Crippen LogP contribution is -2.30. The number of hydrogen-bond acceptors (Lipinski definition) is 6. The van der Waals surface area contributed by atoms with E-state index in [1.165, 1.54) is 0 Å². The molecule has 0 saturated carbocycles. The fourth-order valence-electron chi connectivity index (χ4n) is 3.09. The Bertz CT molecular complexity index is 950. The van der Waals surface area contributed by atoms with Crippen molar-refractivity contribution >= 4 is 17.6 Å². The molecule has 130 valence electrons. The second-order valence-electron chi connectivity index (χ2n) is 5.76. The van der Waals surface area contributed by atoms with E-state index < -0.39 is 12.0 Å². The number of nitrogens with one attached hydrogen (secondary N) is 1. The SMILES string of the molecule is CCOC(=O)C1=C(c2ccccc2)Nc2nnnn2[C@@H]1c1ccccc1. The van der Waals surface area contributed by atoms with Crippen molar-refractivity contribution in [2.75, 3.05) is 11.9 Å². The Morgan fingerprint density at radius 2 is 1.81 bits per heavy atom. The molecule has 26 heavy (non-hydrogen) atoms. The molecule has 0 saturated heterocycles. The van der Waals surface area contributed by atoms with Gasteiger partial charge in [-0.15, -0.1) is 0 Å². The molecular weight excluding hydrogens is 330 g/mol. The Balaban J connectivity index is 1.96. The van der Waals surface area contributed by atoms with E-state index in [1.54, 1.807) is 11.6 Å². The Morgan fingerprint density at radius 3 is 2.50 bits per heavy atom. The van der Waals surface area contributed by atoms with Crippen LogP contribution in [0, 0.1) is 0 Å². The van der Waals surface area contributed by atoms with E-state index in [0.29, 0.717) is 17.2 Å². The van der Waals surface area contributed by atoms with Crippen LogP contribution in [0.25, 0.3) is 5.70 Å². The van der Waals surface area contributed by atoms with E-state index in [1.807, 2.05) is 60.7 Å². The first-order chi connectivity index (χ1) is 12.8. The fraction of sp³-hybridized carbons (Fsp3) is 0.158. The molecule has 1 N–H and O–H groups in total. The van der Waals surface area contributed by atoms with E-state index in [9.17, 15) is 4.79 Å². The summed E-state index contributed by atoms with van der Waals surface area (Å²) in [4.78, 5) is 12.9. The van der Waals surface area contributed by atoms with Gasteiger partial charge in [-0.3, -0.25) is 0 Å². The number of aromatic nitrogens is 4. The molecule has 0 fully saturated rings. The standard InChI is InChI=1S/C19H17N5O2/c1-2-26-18(25)15-16(13-9-5-3-6-10-13)20-19-21-22-23-24(19)17(15)14-11-7-4-8-12-14/h3-12,17H,2H2,1H3,(H,20,21,23)/t17-/m1/s1. The van der Waals surface area contributed by atoms with Gasteiger partial charge in [-0.25, -0.2) is 4.79 Å². The third-order valence-electron chi connectivity index (χ3n) is 4.19. The van der Waals surface area contributed by atoms with E-state index in [0.717, 1.165) is 11.1 Å². The maximum absolute atomic E-state index is 12.9. The van der Waals surface area contributed by atoms with Crippen molar-refractivity contribution in [3.63, 3.8) is 0 Å². The van der Waals surface area contributed by atoms with Gasteiger partial charge in [-0.05, 0) is 28.5 Å². The summed E-state index contributed by atoms with van der Waals surface area (Å²) in [7, 11) is 0. The lowest BCUT2D eigenvalue weighted by atomic mass is 9.93. The molecule has 1 atom stereocenters. The molecular formula is C19H17N5O2. The number of carbonyl (C=O) groups is 1. The predicted octanol–water partition coefficient (Wildman–Crippen LogP) is 2.66. The van der Waals surface area contributed by atoms with Crippen LogP contribution >= 0.6 is 0 Å². The molecule has 3 aromatic rings. The number of rotatable bonds is 4. The summed E-state index contributed by atoms with van der Waals surface area (Å²) in [6.07, 6.45) is 0. The number of esters is 1. The molecule has 0 aliphatic carbocycles. The van der Waals surface area contributed by atoms with Crippen molar-refractivity contribution in [1.29, 1.82) is 0 Å². The van der Waals surface area contributed by atoms with Crippen molar-refractivity contribution in [3.8, 4) is 0 Å². The normalized spacial score (nSPS) is 16.0. The molecule has 4 rings (SSSR count). The number of anilines is 1. The van der Waals surface area contributed by atoms with Crippen LogP contribution in [0.2, 0.25) is 0 Å². The van der Waals surface area contributed by atoms with E-state index in [-0.39, 0.29) is 6.61 Å². The van der Waals surface area contributed by atoms with Gasteiger partial charge in [-0.1, -0.05) is 65.8 Å². The van der Waals surface area contributed by atoms with Gasteiger partial charge in [-0.2, -0.15) is 4.68 Å². The number of carbonyl (C=O) groups excluding carboxylic acids is 1. The molecule has 2 aromatic carbocycles. The van der Waals surface area contributed by atoms with Crippen LogP contribution in [0.4, 0.5) is 5.95 Å². The van der Waals surface area contributed by atoms with Crippen molar-refractivity contribution in [3.05, 3.63) is 77.4 Å². The minimum Gasteiger partial charge on any atom is -0.463 e. The summed E-state index contributed by atoms with van der Waals surface area (Å²) in [5, 5.41) is 15.1. The molecule has 1 aromatic heterocycles. The number of hydrogen-bond donors (Lipinski definition) is 1. The Morgan fingerprint density at radius 1 is 1.12 bits per heavy atom. The Hall–Kier alpha value is -3.48. The second-order valence-corrected chi connectivity index (χ2v) is 5.76. The molecule has 0 spiro atoms. The van der Waals surface area contributed by atoms with E-state index in [4.69, 9.17) is 4.74 Å². The maximum Gasteiger partial charge on any atom is 0.338 e. The zero-order valence-corrected chi connectivity index (χ0v) is 14.2. The van der Waals surface area contributed by atoms with Crippen LogP contribution in [0.3, 0.4) is 0 Å². The van der Waals surface area contributed by atoms with Crippen molar-refractivity contribution in [1.82, 2.24) is 20.2 Å². The van der Waals surface area contributed by atoms with Crippen molar-refractivity contribution in [2.45, 2.75) is 13.0 Å². The number of benzene rings is 2. The van der Waals surface area contributed by atoms with Crippen LogP contribution < -0.4 is 5.32 Å². The predicted molar refractivity (Wildman–Crippen MR) is 96.0 cm³/mol. The number of tetrazole rings is 1. The largest absolute Gasteiger partial charge is 0.463 e. The zero-order chi connectivity index (χ0) is 17.9. The molecule has 0 amide bonds. The van der Waals surface area contributed by atoms with Crippen LogP contribution in [0.1, 0.15) is 24.1 Å². The van der Waals surface area contributed by atoms with Gasteiger partial charge in [0.1, 0.15) is 6.04 Å². The highest BCUT2D eigenvalue weighted by atomic mass is 16.5. The third-order valence-corrected chi connectivity index (χ3v) is 4.19. The molecule has 0 unspecified atom stereocenters. The average Bonchev–Trinajstić information content (AvgIpc) is 3.16. The van der Waals surface area contributed by atoms with Gasteiger partial charge in [0.05, 0.1) is 17.9 Å². The first-order valence-corrected chi connectivity index (χ1v) is 8.36. The van der Waals surface area contributed by atoms with Crippen molar-refractivity contribution < 1.29 is 9.53 Å². The first-order valence-electron chi connectivity index (χ1n) is 8.36. The topological polar surface area (TPSA) is 81.9 Å². The molecule has 7 nitrogen and oxygen atoms in total. The monoisotopic (exact) mass is 347 g/mol. The molecule has 1 aliphatic rings. The minimum atomic E-state index is -0.475. The highest BCUT2D eigenvalue weighted by molar-refractivity contribution is 6.02. The van der Waals surface area contributed by atoms with Gasteiger partial charge in [0.2, 0.25) is 5.95 Å². The number of fused-ring (bicyclic) bond motifs is 1. The molecule has 2 heterocycles. The summed E-state index contributed by atoms with van der Waals surface area (Å²) >= 11 is 0. The highest BCUT2D eigenvalue weighted by Crippen LogP contribution is 2.38. The van der Waals surface area contributed by atoms with Crippen LogP contribution in [0.5, 0.6) is 0 Å². The van der Waals surface area contributed by atoms with Gasteiger partial charge in [0.25, 0.3) is 0 Å². The quantitative estimate of drug-likeness (QED) is 0.731. The smallest absolute Gasteiger partial charge is 0.338 e. The second kappa shape index (κ2) is 6.79.